The Hall–Kier alpha value is -3.21. The Morgan fingerprint density at radius 2 is 1.81 bits per heavy atom. The third kappa shape index (κ3) is 4.24. The van der Waals surface area contributed by atoms with Crippen LogP contribution >= 0.6 is 0 Å². The number of likely N-dealkylation sites (tertiary alicyclic amines) is 1. The molecule has 3 amide bonds. The summed E-state index contributed by atoms with van der Waals surface area (Å²) in [6.07, 6.45) is 3.61. The zero-order valence-electron chi connectivity index (χ0n) is 17.4. The number of anilines is 1. The fraction of sp³-hybridized carbons (Fsp3) is 0.571. The molecular weight excluding hydrogens is 422 g/mol. The number of phenolic OH excluding ortho intramolecular Hbond substituents is 1. The van der Waals surface area contributed by atoms with Crippen molar-refractivity contribution in [3.8, 4) is 5.75 Å². The highest BCUT2D eigenvalue weighted by molar-refractivity contribution is 6.06. The molecule has 3 fully saturated rings. The largest absolute Gasteiger partial charge is 0.502 e. The van der Waals surface area contributed by atoms with E-state index in [2.05, 4.69) is 5.32 Å². The van der Waals surface area contributed by atoms with E-state index < -0.39 is 22.5 Å². The van der Waals surface area contributed by atoms with Gasteiger partial charge < -0.3 is 14.6 Å². The fourth-order valence-corrected chi connectivity index (χ4v) is 4.79. The number of hydrogen-bond acceptors (Lipinski definition) is 8. The monoisotopic (exact) mass is 447 g/mol. The van der Waals surface area contributed by atoms with E-state index in [-0.39, 0.29) is 48.2 Å². The number of carbonyl (C=O) groups is 3. The van der Waals surface area contributed by atoms with Gasteiger partial charge in [-0.15, -0.1) is 0 Å². The Labute approximate surface area is 183 Å². The number of fused-ring (bicyclic) bond motifs is 5. The molecule has 3 aliphatic heterocycles. The van der Waals surface area contributed by atoms with Gasteiger partial charge in [0.2, 0.25) is 11.8 Å². The van der Waals surface area contributed by atoms with Crippen molar-refractivity contribution in [1.82, 2.24) is 4.90 Å². The van der Waals surface area contributed by atoms with Crippen LogP contribution < -0.4 is 5.32 Å². The quantitative estimate of drug-likeness (QED) is 0.193. The normalized spacial score (nSPS) is 25.8. The van der Waals surface area contributed by atoms with Gasteiger partial charge in [-0.2, -0.15) is 0 Å². The van der Waals surface area contributed by atoms with Gasteiger partial charge in [0.05, 0.1) is 41.3 Å². The molecule has 11 nitrogen and oxygen atoms in total. The average molecular weight is 447 g/mol. The van der Waals surface area contributed by atoms with Crippen LogP contribution in [0.15, 0.2) is 18.2 Å². The average Bonchev–Trinajstić information content (AvgIpc) is 3.43. The van der Waals surface area contributed by atoms with E-state index in [9.17, 15) is 29.6 Å². The third-order valence-corrected chi connectivity index (χ3v) is 6.30. The Kier molecular flexibility index (Phi) is 6.26. The van der Waals surface area contributed by atoms with Crippen molar-refractivity contribution in [1.29, 1.82) is 0 Å². The van der Waals surface area contributed by atoms with Crippen LogP contribution in [-0.2, 0) is 19.1 Å². The molecule has 3 heterocycles. The Morgan fingerprint density at radius 3 is 2.47 bits per heavy atom. The van der Waals surface area contributed by atoms with E-state index in [1.54, 1.807) is 0 Å². The molecule has 0 spiro atoms. The number of ether oxygens (including phenoxy) is 2. The molecule has 0 aromatic heterocycles. The molecule has 1 aromatic carbocycles. The molecular formula is C21H25N3O8. The molecule has 2 N–H and O–H groups in total. The summed E-state index contributed by atoms with van der Waals surface area (Å²) in [5.41, 5.74) is -0.371. The number of nitrogens with one attached hydrogen (secondary N) is 1. The minimum Gasteiger partial charge on any atom is -0.502 e. The van der Waals surface area contributed by atoms with Gasteiger partial charge in [0, 0.05) is 12.6 Å². The topological polar surface area (TPSA) is 148 Å². The molecule has 4 rings (SSSR count). The van der Waals surface area contributed by atoms with Crippen LogP contribution in [0.25, 0.3) is 0 Å². The van der Waals surface area contributed by atoms with E-state index in [0.717, 1.165) is 37.8 Å². The smallest absolute Gasteiger partial charge is 0.411 e. The minimum absolute atomic E-state index is 0.0949. The second-order valence-electron chi connectivity index (χ2n) is 8.31. The Balaban J connectivity index is 1.11. The Morgan fingerprint density at radius 1 is 1.16 bits per heavy atom. The summed E-state index contributed by atoms with van der Waals surface area (Å²) in [6.45, 7) is 0.573. The highest BCUT2D eigenvalue weighted by Crippen LogP contribution is 2.48. The third-order valence-electron chi connectivity index (χ3n) is 6.30. The van der Waals surface area contributed by atoms with Gasteiger partial charge in [0.25, 0.3) is 0 Å². The minimum atomic E-state index is -0.750. The second-order valence-corrected chi connectivity index (χ2v) is 8.31. The standard InChI is InChI=1S/C21H25N3O8/c25-14-6-5-12(11-13(14)24(29)30)22-21(28)31-10-4-2-1-3-9-23-19(26)17-15-7-8-16(32-15)18(17)20(23)27/h5-6,11,15-18,25H,1-4,7-10H2,(H,22,28). The SMILES string of the molecule is O=C(Nc1ccc(O)c([N+](=O)[O-])c1)OCCCCCCN1C(=O)C2C3CCC(O3)C2C1=O. The molecule has 4 atom stereocenters. The van der Waals surface area contributed by atoms with E-state index in [4.69, 9.17) is 9.47 Å². The summed E-state index contributed by atoms with van der Waals surface area (Å²) in [5, 5.41) is 22.6. The van der Waals surface area contributed by atoms with Crippen LogP contribution in [0, 0.1) is 22.0 Å². The molecule has 172 valence electrons. The number of nitro groups is 1. The molecule has 1 aromatic rings. The number of benzene rings is 1. The zero-order valence-corrected chi connectivity index (χ0v) is 17.4. The summed E-state index contributed by atoms with van der Waals surface area (Å²) < 4.78 is 10.8. The number of carbonyl (C=O) groups excluding carboxylic acids is 3. The molecule has 0 saturated carbocycles. The van der Waals surface area contributed by atoms with Gasteiger partial charge in [-0.05, 0) is 44.2 Å². The van der Waals surface area contributed by atoms with Gasteiger partial charge in [-0.3, -0.25) is 29.9 Å². The van der Waals surface area contributed by atoms with E-state index >= 15 is 0 Å². The maximum absolute atomic E-state index is 12.6. The lowest BCUT2D eigenvalue weighted by molar-refractivity contribution is -0.385. The highest BCUT2D eigenvalue weighted by atomic mass is 16.6. The molecule has 3 saturated heterocycles. The molecule has 11 heteroatoms. The van der Waals surface area contributed by atoms with Gasteiger partial charge >= 0.3 is 11.8 Å². The lowest BCUT2D eigenvalue weighted by Gasteiger charge is -2.17. The van der Waals surface area contributed by atoms with Crippen molar-refractivity contribution < 1.29 is 33.9 Å². The zero-order chi connectivity index (χ0) is 22.8. The number of unbranched alkanes of at least 4 members (excludes halogenated alkanes) is 3. The van der Waals surface area contributed by atoms with Gasteiger partial charge in [0.1, 0.15) is 0 Å². The predicted octanol–water partition coefficient (Wildman–Crippen LogP) is 2.57. The lowest BCUT2D eigenvalue weighted by atomic mass is 9.81. The van der Waals surface area contributed by atoms with Crippen LogP contribution in [-0.4, -0.2) is 58.2 Å². The number of rotatable bonds is 9. The van der Waals surface area contributed by atoms with Crippen molar-refractivity contribution in [2.45, 2.75) is 50.7 Å². The summed E-state index contributed by atoms with van der Waals surface area (Å²) >= 11 is 0. The first-order valence-corrected chi connectivity index (χ1v) is 10.8. The van der Waals surface area contributed by atoms with Crippen molar-refractivity contribution in [3.05, 3.63) is 28.3 Å². The first kappa shape index (κ1) is 22.0. The van der Waals surface area contributed by atoms with Crippen molar-refractivity contribution in [2.24, 2.45) is 11.8 Å². The van der Waals surface area contributed by atoms with Gasteiger partial charge in [-0.25, -0.2) is 4.79 Å². The molecule has 2 bridgehead atoms. The van der Waals surface area contributed by atoms with Crippen LogP contribution in [0.4, 0.5) is 16.2 Å². The summed E-state index contributed by atoms with van der Waals surface area (Å²) in [5.74, 6) is -1.26. The molecule has 4 unspecified atom stereocenters. The van der Waals surface area contributed by atoms with Crippen molar-refractivity contribution >= 4 is 29.3 Å². The molecule has 0 aliphatic carbocycles. The number of imide groups is 1. The van der Waals surface area contributed by atoms with Crippen LogP contribution in [0.2, 0.25) is 0 Å². The summed E-state index contributed by atoms with van der Waals surface area (Å²) in [4.78, 5) is 48.4. The summed E-state index contributed by atoms with van der Waals surface area (Å²) in [7, 11) is 0. The van der Waals surface area contributed by atoms with E-state index in [0.29, 0.717) is 19.4 Å². The Bertz CT molecular complexity index is 908. The first-order chi connectivity index (χ1) is 15.4. The maximum atomic E-state index is 12.6. The predicted molar refractivity (Wildman–Crippen MR) is 110 cm³/mol. The number of hydrogen-bond donors (Lipinski definition) is 2. The van der Waals surface area contributed by atoms with Crippen molar-refractivity contribution in [3.63, 3.8) is 0 Å². The molecule has 0 radical (unpaired) electrons. The molecule has 32 heavy (non-hydrogen) atoms. The number of phenols is 1. The maximum Gasteiger partial charge on any atom is 0.411 e. The van der Waals surface area contributed by atoms with E-state index in [1.807, 2.05) is 0 Å². The number of amides is 3. The number of nitro benzene ring substituents is 1. The van der Waals surface area contributed by atoms with E-state index in [1.165, 1.54) is 11.0 Å². The summed E-state index contributed by atoms with van der Waals surface area (Å²) in [6, 6.07) is 3.49. The second kappa shape index (κ2) is 9.11. The van der Waals surface area contributed by atoms with Crippen LogP contribution in [0.1, 0.15) is 38.5 Å². The van der Waals surface area contributed by atoms with Gasteiger partial charge in [-0.1, -0.05) is 6.42 Å². The van der Waals surface area contributed by atoms with Gasteiger partial charge in [0.15, 0.2) is 5.75 Å². The van der Waals surface area contributed by atoms with Crippen LogP contribution in [0.3, 0.4) is 0 Å². The van der Waals surface area contributed by atoms with Crippen LogP contribution in [0.5, 0.6) is 5.75 Å². The number of aromatic hydroxyl groups is 1. The number of nitrogens with zero attached hydrogens (tertiary/aromatic N) is 2. The highest BCUT2D eigenvalue weighted by Gasteiger charge is 2.62. The lowest BCUT2D eigenvalue weighted by Crippen LogP contribution is -2.35. The van der Waals surface area contributed by atoms with Crippen molar-refractivity contribution in [2.75, 3.05) is 18.5 Å². The molecule has 3 aliphatic rings. The first-order valence-electron chi connectivity index (χ1n) is 10.8. The fourth-order valence-electron chi connectivity index (χ4n) is 4.79.